The second-order valence-corrected chi connectivity index (χ2v) is 2.98. The summed E-state index contributed by atoms with van der Waals surface area (Å²) < 4.78 is 0. The third kappa shape index (κ3) is 0.446. The molecule has 2 rings (SSSR count). The van der Waals surface area contributed by atoms with Crippen molar-refractivity contribution in [2.75, 3.05) is 13.1 Å². The average molecular weight is 112 g/mol. The Morgan fingerprint density at radius 1 is 1.38 bits per heavy atom. The summed E-state index contributed by atoms with van der Waals surface area (Å²) in [6.07, 6.45) is 1.26. The van der Waals surface area contributed by atoms with Crippen molar-refractivity contribution in [1.29, 1.82) is 0 Å². The molecule has 1 saturated heterocycles. The van der Waals surface area contributed by atoms with Gasteiger partial charge in [0.2, 0.25) is 0 Å². The van der Waals surface area contributed by atoms with Gasteiger partial charge in [-0.1, -0.05) is 0 Å². The predicted octanol–water partition coefficient (Wildman–Crippen LogP) is -0.447. The van der Waals surface area contributed by atoms with E-state index in [4.69, 9.17) is 5.73 Å². The molecule has 1 unspecified atom stereocenters. The fourth-order valence-electron chi connectivity index (χ4n) is 1.84. The van der Waals surface area contributed by atoms with Gasteiger partial charge in [0.05, 0.1) is 0 Å². The first-order valence-corrected chi connectivity index (χ1v) is 3.34. The van der Waals surface area contributed by atoms with Crippen molar-refractivity contribution < 1.29 is 0 Å². The van der Waals surface area contributed by atoms with Crippen LogP contribution in [0.2, 0.25) is 0 Å². The van der Waals surface area contributed by atoms with Gasteiger partial charge >= 0.3 is 0 Å². The molecule has 2 heteroatoms. The molecule has 0 radical (unpaired) electrons. The lowest BCUT2D eigenvalue weighted by atomic mass is 9.72. The Morgan fingerprint density at radius 2 is 2.25 bits per heavy atom. The lowest BCUT2D eigenvalue weighted by Crippen LogP contribution is -2.46. The van der Waals surface area contributed by atoms with Gasteiger partial charge in [0.25, 0.3) is 0 Å². The van der Waals surface area contributed by atoms with Gasteiger partial charge in [-0.15, -0.1) is 0 Å². The van der Waals surface area contributed by atoms with E-state index in [1.165, 1.54) is 19.5 Å². The first-order chi connectivity index (χ1) is 3.88. The summed E-state index contributed by atoms with van der Waals surface area (Å²) in [5.41, 5.74) is 5.72. The van der Waals surface area contributed by atoms with Crippen LogP contribution in [0.25, 0.3) is 0 Å². The zero-order valence-electron chi connectivity index (χ0n) is 4.93. The first kappa shape index (κ1) is 4.77. The van der Waals surface area contributed by atoms with E-state index in [1.54, 1.807) is 0 Å². The van der Waals surface area contributed by atoms with Crippen LogP contribution in [0, 0.1) is 11.8 Å². The molecule has 1 aliphatic carbocycles. The number of hydrogen-bond acceptors (Lipinski definition) is 2. The van der Waals surface area contributed by atoms with E-state index in [0.717, 1.165) is 11.8 Å². The van der Waals surface area contributed by atoms with Crippen LogP contribution >= 0.6 is 0 Å². The number of hydrogen-bond donors (Lipinski definition) is 2. The maximum atomic E-state index is 5.72. The molecule has 0 aromatic rings. The van der Waals surface area contributed by atoms with Gasteiger partial charge in [0, 0.05) is 6.04 Å². The Hall–Kier alpha value is -0.0800. The van der Waals surface area contributed by atoms with Gasteiger partial charge in [0.15, 0.2) is 0 Å². The van der Waals surface area contributed by atoms with Gasteiger partial charge in [0.1, 0.15) is 0 Å². The Balaban J connectivity index is 2.02. The highest BCUT2D eigenvalue weighted by Gasteiger charge is 2.41. The van der Waals surface area contributed by atoms with Crippen molar-refractivity contribution in [2.24, 2.45) is 17.6 Å². The van der Waals surface area contributed by atoms with Crippen molar-refractivity contribution in [3.05, 3.63) is 0 Å². The lowest BCUT2D eigenvalue weighted by molar-refractivity contribution is 0.194. The summed E-state index contributed by atoms with van der Waals surface area (Å²) in [4.78, 5) is 0. The minimum absolute atomic E-state index is 0.523. The van der Waals surface area contributed by atoms with Crippen LogP contribution in [0.5, 0.6) is 0 Å². The highest BCUT2D eigenvalue weighted by Crippen LogP contribution is 2.35. The summed E-state index contributed by atoms with van der Waals surface area (Å²) in [5, 5.41) is 3.33. The molecule has 0 spiro atoms. The van der Waals surface area contributed by atoms with E-state index in [9.17, 15) is 0 Å². The largest absolute Gasteiger partial charge is 0.327 e. The Bertz CT molecular complexity index is 103. The zero-order valence-corrected chi connectivity index (χ0v) is 4.93. The molecular formula is C6H12N2. The highest BCUT2D eigenvalue weighted by molar-refractivity contribution is 4.98. The molecule has 0 amide bonds. The maximum Gasteiger partial charge on any atom is 0.00856 e. The SMILES string of the molecule is N[C@@H]1CC2CNC[C@@H]21. The summed E-state index contributed by atoms with van der Waals surface area (Å²) in [7, 11) is 0. The smallest absolute Gasteiger partial charge is 0.00856 e. The van der Waals surface area contributed by atoms with Gasteiger partial charge in [-0.3, -0.25) is 0 Å². The van der Waals surface area contributed by atoms with Gasteiger partial charge in [-0.2, -0.15) is 0 Å². The molecular weight excluding hydrogens is 100 g/mol. The molecule has 0 aromatic heterocycles. The van der Waals surface area contributed by atoms with Crippen LogP contribution in [0.15, 0.2) is 0 Å². The van der Waals surface area contributed by atoms with Crippen LogP contribution in [-0.4, -0.2) is 19.1 Å². The van der Waals surface area contributed by atoms with E-state index in [2.05, 4.69) is 5.32 Å². The first-order valence-electron chi connectivity index (χ1n) is 3.34. The van der Waals surface area contributed by atoms with E-state index >= 15 is 0 Å². The molecule has 3 N–H and O–H groups in total. The van der Waals surface area contributed by atoms with E-state index in [-0.39, 0.29) is 0 Å². The molecule has 1 heterocycles. The third-order valence-electron chi connectivity index (χ3n) is 2.52. The minimum atomic E-state index is 0.523. The topological polar surface area (TPSA) is 38.0 Å². The van der Waals surface area contributed by atoms with Crippen molar-refractivity contribution in [2.45, 2.75) is 12.5 Å². The van der Waals surface area contributed by atoms with Gasteiger partial charge in [-0.05, 0) is 31.3 Å². The Morgan fingerprint density at radius 3 is 2.75 bits per heavy atom. The fraction of sp³-hybridized carbons (Fsp3) is 1.00. The van der Waals surface area contributed by atoms with Crippen LogP contribution in [0.4, 0.5) is 0 Å². The van der Waals surface area contributed by atoms with Crippen molar-refractivity contribution in [3.63, 3.8) is 0 Å². The molecule has 2 aliphatic rings. The number of rotatable bonds is 0. The van der Waals surface area contributed by atoms with Crippen LogP contribution in [-0.2, 0) is 0 Å². The van der Waals surface area contributed by atoms with E-state index in [1.807, 2.05) is 0 Å². The number of nitrogens with one attached hydrogen (secondary N) is 1. The van der Waals surface area contributed by atoms with Crippen LogP contribution in [0.1, 0.15) is 6.42 Å². The van der Waals surface area contributed by atoms with Crippen molar-refractivity contribution in [3.8, 4) is 0 Å². The second kappa shape index (κ2) is 1.45. The quantitative estimate of drug-likeness (QED) is 0.445. The molecule has 1 saturated carbocycles. The van der Waals surface area contributed by atoms with Gasteiger partial charge < -0.3 is 11.1 Å². The van der Waals surface area contributed by atoms with Crippen molar-refractivity contribution >= 4 is 0 Å². The lowest BCUT2D eigenvalue weighted by Gasteiger charge is -2.36. The molecule has 2 nitrogen and oxygen atoms in total. The van der Waals surface area contributed by atoms with Gasteiger partial charge in [-0.25, -0.2) is 0 Å². The van der Waals surface area contributed by atoms with Crippen LogP contribution < -0.4 is 11.1 Å². The Kier molecular flexibility index (Phi) is 0.866. The summed E-state index contributed by atoms with van der Waals surface area (Å²) >= 11 is 0. The molecule has 0 aromatic carbocycles. The summed E-state index contributed by atoms with van der Waals surface area (Å²) in [6.45, 7) is 2.39. The highest BCUT2D eigenvalue weighted by atomic mass is 15.0. The standard InChI is InChI=1S/C6H12N2/c7-6-1-4-2-8-3-5(4)6/h4-6,8H,1-3,7H2/t4?,5-,6+/m0/s1. The van der Waals surface area contributed by atoms with Crippen LogP contribution in [0.3, 0.4) is 0 Å². The Labute approximate surface area is 49.4 Å². The van der Waals surface area contributed by atoms with E-state index < -0.39 is 0 Å². The number of nitrogens with two attached hydrogens (primary N) is 1. The van der Waals surface area contributed by atoms with Crippen molar-refractivity contribution in [1.82, 2.24) is 5.32 Å². The summed E-state index contributed by atoms with van der Waals surface area (Å²) in [6, 6.07) is 0.523. The monoisotopic (exact) mass is 112 g/mol. The number of fused-ring (bicyclic) bond motifs is 1. The normalized spacial score (nSPS) is 52.9. The third-order valence-corrected chi connectivity index (χ3v) is 2.52. The molecule has 0 bridgehead atoms. The predicted molar refractivity (Wildman–Crippen MR) is 32.4 cm³/mol. The van der Waals surface area contributed by atoms with E-state index in [0.29, 0.717) is 6.04 Å². The maximum absolute atomic E-state index is 5.72. The molecule has 3 atom stereocenters. The second-order valence-electron chi connectivity index (χ2n) is 2.98. The molecule has 2 fully saturated rings. The minimum Gasteiger partial charge on any atom is -0.327 e. The molecule has 8 heavy (non-hydrogen) atoms. The fourth-order valence-corrected chi connectivity index (χ4v) is 1.84. The zero-order chi connectivity index (χ0) is 5.56. The molecule has 46 valence electrons. The average Bonchev–Trinajstić information content (AvgIpc) is 2.09. The molecule has 1 aliphatic heterocycles. The summed E-state index contributed by atoms with van der Waals surface area (Å²) in [5.74, 6) is 1.76.